The third-order valence-electron chi connectivity index (χ3n) is 10.4. The van der Waals surface area contributed by atoms with Gasteiger partial charge in [0.2, 0.25) is 5.43 Å². The lowest BCUT2D eigenvalue weighted by molar-refractivity contribution is -0.0188. The summed E-state index contributed by atoms with van der Waals surface area (Å²) in [7, 11) is 0. The Balaban J connectivity index is 1.25. The molecule has 2 aliphatic rings. The summed E-state index contributed by atoms with van der Waals surface area (Å²) in [4.78, 5) is 41.5. The fourth-order valence-corrected chi connectivity index (χ4v) is 7.47. The molecule has 2 heterocycles. The molecule has 0 aromatic heterocycles. The van der Waals surface area contributed by atoms with Gasteiger partial charge in [0.1, 0.15) is 46.7 Å². The van der Waals surface area contributed by atoms with E-state index in [-0.39, 0.29) is 45.9 Å². The maximum Gasteiger partial charge on any atom is 0.338 e. The smallest absolute Gasteiger partial charge is 0.338 e. The molecule has 318 valence electrons. The van der Waals surface area contributed by atoms with Gasteiger partial charge < -0.3 is 80.2 Å². The van der Waals surface area contributed by atoms with Gasteiger partial charge in [0.25, 0.3) is 0 Å². The molecule has 12 N–H and O–H groups in total. The summed E-state index contributed by atoms with van der Waals surface area (Å²) < 4.78 is 23.8. The molecule has 8 rings (SSSR count). The number of carbonyl (C=O) groups excluding carboxylic acids is 2. The molecular weight excluding hydrogens is 820 g/mol. The summed E-state index contributed by atoms with van der Waals surface area (Å²) in [5.74, 6) is -11.3. The Kier molecular flexibility index (Phi) is 9.65. The van der Waals surface area contributed by atoms with Crippen LogP contribution in [0.15, 0.2) is 77.6 Å². The molecule has 0 spiro atoms. The van der Waals surface area contributed by atoms with Gasteiger partial charge in [-0.05, 0) is 47.9 Å². The van der Waals surface area contributed by atoms with Crippen molar-refractivity contribution in [1.29, 1.82) is 0 Å². The second-order valence-corrected chi connectivity index (χ2v) is 14.4. The van der Waals surface area contributed by atoms with Crippen LogP contribution in [0.5, 0.6) is 80.5 Å². The zero-order chi connectivity index (χ0) is 44.5. The van der Waals surface area contributed by atoms with Crippen LogP contribution in [0.2, 0.25) is 0 Å². The van der Waals surface area contributed by atoms with E-state index in [1.54, 1.807) is 0 Å². The molecule has 0 aliphatic carbocycles. The van der Waals surface area contributed by atoms with Gasteiger partial charge in [-0.15, -0.1) is 0 Å². The number of rotatable bonds is 6. The van der Waals surface area contributed by atoms with Gasteiger partial charge in [-0.1, -0.05) is 6.07 Å². The Morgan fingerprint density at radius 1 is 0.500 bits per heavy atom. The van der Waals surface area contributed by atoms with Crippen LogP contribution >= 0.6 is 0 Å². The van der Waals surface area contributed by atoms with Crippen molar-refractivity contribution < 1.29 is 89.8 Å². The number of ether oxygens (including phenoxy) is 4. The summed E-state index contributed by atoms with van der Waals surface area (Å²) in [6, 6.07) is 12.0. The van der Waals surface area contributed by atoms with Crippen molar-refractivity contribution >= 4 is 22.7 Å². The first-order valence-corrected chi connectivity index (χ1v) is 18.3. The summed E-state index contributed by atoms with van der Waals surface area (Å²) in [5, 5.41) is 124. The number of phenols is 11. The van der Waals surface area contributed by atoms with E-state index < -0.39 is 133 Å². The van der Waals surface area contributed by atoms with Gasteiger partial charge in [0, 0.05) is 59.4 Å². The molecule has 6 aromatic rings. The number of fused-ring (bicyclic) bond motifs is 3. The standard InChI is InChI=1S/C43H32O19/c44-18-8-25(47)22-13-34(40(59-32(22)10-18)15-1-2-24(46)27(49)4-15)61-42(57)16-3-20-21(12-31(53)39(56)36(20)38(55)30(52)5-16)41-35(14-23-26(48)9-19(45)11-33(23)60-41)62-43(58)17-6-28(50)37(54)29(51)7-17/h1-12,34-35,40-41,44-51,53-54,56H,13-14H2,(H,52,55)/t34-,35-,40-,41-/m1/s1. The van der Waals surface area contributed by atoms with E-state index in [0.717, 1.165) is 54.6 Å². The number of hydrogen-bond acceptors (Lipinski definition) is 19. The van der Waals surface area contributed by atoms with Crippen molar-refractivity contribution in [3.8, 4) is 80.5 Å². The number of aromatic hydroxyl groups is 12. The Bertz CT molecular complexity index is 2920. The van der Waals surface area contributed by atoms with Crippen LogP contribution in [-0.4, -0.2) is 85.4 Å². The average Bonchev–Trinajstić information content (AvgIpc) is 3.34. The third kappa shape index (κ3) is 7.01. The first-order chi connectivity index (χ1) is 29.4. The van der Waals surface area contributed by atoms with Crippen LogP contribution in [0.25, 0.3) is 10.8 Å². The van der Waals surface area contributed by atoms with E-state index in [1.807, 2.05) is 0 Å². The van der Waals surface area contributed by atoms with Crippen molar-refractivity contribution in [3.63, 3.8) is 0 Å². The molecule has 2 aliphatic heterocycles. The lowest BCUT2D eigenvalue weighted by Crippen LogP contribution is -2.35. The Labute approximate surface area is 346 Å². The maximum atomic E-state index is 14.2. The molecule has 0 amide bonds. The molecule has 0 radical (unpaired) electrons. The molecule has 19 heteroatoms. The van der Waals surface area contributed by atoms with Crippen molar-refractivity contribution in [2.75, 3.05) is 0 Å². The molecule has 0 saturated carbocycles. The molecule has 0 bridgehead atoms. The van der Waals surface area contributed by atoms with E-state index in [4.69, 9.17) is 18.9 Å². The fraction of sp³-hybridized carbons (Fsp3) is 0.140. The quantitative estimate of drug-likeness (QED) is 0.0812. The molecule has 19 nitrogen and oxygen atoms in total. The van der Waals surface area contributed by atoms with Crippen LogP contribution in [0.1, 0.15) is 55.2 Å². The van der Waals surface area contributed by atoms with E-state index in [0.29, 0.717) is 6.07 Å². The molecule has 4 atom stereocenters. The Morgan fingerprint density at radius 3 is 1.56 bits per heavy atom. The zero-order valence-corrected chi connectivity index (χ0v) is 31.4. The second-order valence-electron chi connectivity index (χ2n) is 14.4. The molecule has 62 heavy (non-hydrogen) atoms. The van der Waals surface area contributed by atoms with E-state index in [1.165, 1.54) is 12.1 Å². The van der Waals surface area contributed by atoms with Crippen LogP contribution in [-0.2, 0) is 22.3 Å². The molecular formula is C43H32O19. The van der Waals surface area contributed by atoms with Crippen LogP contribution in [0.4, 0.5) is 0 Å². The van der Waals surface area contributed by atoms with E-state index in [9.17, 15) is 75.7 Å². The van der Waals surface area contributed by atoms with E-state index in [2.05, 4.69) is 0 Å². The highest BCUT2D eigenvalue weighted by molar-refractivity contribution is 5.99. The summed E-state index contributed by atoms with van der Waals surface area (Å²) in [5.41, 5.74) is -2.37. The number of phenolic OH excluding ortho intramolecular Hbond substituents is 11. The number of carbonyl (C=O) groups is 2. The van der Waals surface area contributed by atoms with Crippen molar-refractivity contribution in [1.82, 2.24) is 0 Å². The molecule has 0 fully saturated rings. The SMILES string of the molecule is O=C(O[C@@H]1Cc2c(O)cc(O)cc2O[C@@H]1c1ccc(O)c(O)c1)c1cc(O)c(=O)c2c(O)c(O)cc([C@H]3Oc4cc(O)cc(O)c4C[C@H]3OC(=O)c3cc(O)c(O)c(O)c3)c2c1. The number of esters is 2. The largest absolute Gasteiger partial charge is 0.508 e. The molecule has 0 saturated heterocycles. The lowest BCUT2D eigenvalue weighted by atomic mass is 9.90. The average molecular weight is 853 g/mol. The molecule has 6 aromatic carbocycles. The highest BCUT2D eigenvalue weighted by Gasteiger charge is 2.40. The minimum atomic E-state index is -1.65. The normalized spacial score (nSPS) is 17.8. The van der Waals surface area contributed by atoms with E-state index >= 15 is 0 Å². The summed E-state index contributed by atoms with van der Waals surface area (Å²) >= 11 is 0. The second kappa shape index (κ2) is 14.9. The van der Waals surface area contributed by atoms with Crippen LogP contribution < -0.4 is 14.9 Å². The topological polar surface area (TPSA) is 331 Å². The Morgan fingerprint density at radius 2 is 1.00 bits per heavy atom. The number of hydrogen-bond donors (Lipinski definition) is 12. The van der Waals surface area contributed by atoms with Crippen molar-refractivity contribution in [3.05, 3.63) is 116 Å². The predicted molar refractivity (Wildman–Crippen MR) is 209 cm³/mol. The zero-order valence-electron chi connectivity index (χ0n) is 31.4. The third-order valence-corrected chi connectivity index (χ3v) is 10.4. The summed E-state index contributed by atoms with van der Waals surface area (Å²) in [6.45, 7) is 0. The highest BCUT2D eigenvalue weighted by Crippen LogP contribution is 2.48. The molecule has 0 unspecified atom stereocenters. The van der Waals surface area contributed by atoms with Crippen LogP contribution in [0, 0.1) is 0 Å². The predicted octanol–water partition coefficient (Wildman–Crippen LogP) is 4.47. The monoisotopic (exact) mass is 852 g/mol. The van der Waals surface area contributed by atoms with Crippen LogP contribution in [0.3, 0.4) is 0 Å². The minimum absolute atomic E-state index is 0.00608. The first-order valence-electron chi connectivity index (χ1n) is 18.3. The van der Waals surface area contributed by atoms with Gasteiger partial charge in [-0.2, -0.15) is 0 Å². The van der Waals surface area contributed by atoms with Gasteiger partial charge in [-0.3, -0.25) is 4.79 Å². The fourth-order valence-electron chi connectivity index (χ4n) is 7.47. The van der Waals surface area contributed by atoms with Gasteiger partial charge in [0.05, 0.1) is 16.5 Å². The highest BCUT2D eigenvalue weighted by atomic mass is 16.6. The Hall–Kier alpha value is -8.61. The minimum Gasteiger partial charge on any atom is -0.508 e. The maximum absolute atomic E-state index is 14.2. The van der Waals surface area contributed by atoms with Crippen molar-refractivity contribution in [2.45, 2.75) is 37.3 Å². The summed E-state index contributed by atoms with van der Waals surface area (Å²) in [6.07, 6.45) is -6.51. The lowest BCUT2D eigenvalue weighted by Gasteiger charge is -2.34. The first kappa shape index (κ1) is 40.2. The van der Waals surface area contributed by atoms with Gasteiger partial charge in [0.15, 0.2) is 58.2 Å². The number of benzene rings is 5. The van der Waals surface area contributed by atoms with Gasteiger partial charge >= 0.3 is 11.9 Å². The van der Waals surface area contributed by atoms with Crippen molar-refractivity contribution in [2.24, 2.45) is 0 Å². The van der Waals surface area contributed by atoms with Gasteiger partial charge in [-0.25, -0.2) is 9.59 Å².